The number of aromatic nitrogens is 2. The molecule has 1 aromatic heterocycles. The van der Waals surface area contributed by atoms with Gasteiger partial charge in [-0.25, -0.2) is 18.1 Å². The molecule has 0 spiro atoms. The number of hydrogen-bond donors (Lipinski definition) is 1. The average Bonchev–Trinajstić information content (AvgIpc) is 2.81. The first-order chi connectivity index (χ1) is 11.6. The van der Waals surface area contributed by atoms with E-state index >= 15 is 0 Å². The molecular weight excluding hydrogens is 401 g/mol. The van der Waals surface area contributed by atoms with E-state index in [2.05, 4.69) is 23.6 Å². The second-order valence-corrected chi connectivity index (χ2v) is 9.69. The fraction of sp³-hybridized carbons (Fsp3) is 0.438. The highest BCUT2D eigenvalue weighted by Gasteiger charge is 2.20. The lowest BCUT2D eigenvalue weighted by Crippen LogP contribution is -2.23. The van der Waals surface area contributed by atoms with Crippen LogP contribution in [0.2, 0.25) is 10.0 Å². The Morgan fingerprint density at radius 3 is 2.32 bits per heavy atom. The van der Waals surface area contributed by atoms with Crippen molar-refractivity contribution in [1.82, 2.24) is 14.3 Å². The van der Waals surface area contributed by atoms with Crippen LogP contribution in [0.4, 0.5) is 0 Å². The van der Waals surface area contributed by atoms with Gasteiger partial charge in [0.1, 0.15) is 10.9 Å². The van der Waals surface area contributed by atoms with Crippen molar-refractivity contribution >= 4 is 45.0 Å². The van der Waals surface area contributed by atoms with E-state index in [1.807, 2.05) is 23.6 Å². The molecule has 0 fully saturated rings. The minimum atomic E-state index is -3.29. The van der Waals surface area contributed by atoms with E-state index in [0.29, 0.717) is 22.4 Å². The summed E-state index contributed by atoms with van der Waals surface area (Å²) >= 11 is 13.7. The predicted octanol–water partition coefficient (Wildman–Crippen LogP) is 4.53. The van der Waals surface area contributed by atoms with Gasteiger partial charge in [0, 0.05) is 21.5 Å². The Bertz CT molecular complexity index is 844. The summed E-state index contributed by atoms with van der Waals surface area (Å²) in [5, 5.41) is 2.12. The monoisotopic (exact) mass is 421 g/mol. The fourth-order valence-electron chi connectivity index (χ4n) is 2.34. The lowest BCUT2D eigenvalue weighted by molar-refractivity contribution is 0.577. The van der Waals surface area contributed by atoms with Crippen molar-refractivity contribution in [3.63, 3.8) is 0 Å². The van der Waals surface area contributed by atoms with Gasteiger partial charge in [0.25, 0.3) is 0 Å². The second-order valence-electron chi connectivity index (χ2n) is 5.92. The summed E-state index contributed by atoms with van der Waals surface area (Å²) in [4.78, 5) is 5.59. The molecule has 0 bridgehead atoms. The van der Waals surface area contributed by atoms with Crippen molar-refractivity contribution < 1.29 is 8.42 Å². The summed E-state index contributed by atoms with van der Waals surface area (Å²) in [6.07, 6.45) is 1.14. The summed E-state index contributed by atoms with van der Waals surface area (Å²) in [7, 11) is -3.29. The minimum Gasteiger partial charge on any atom is -0.322 e. The van der Waals surface area contributed by atoms with Gasteiger partial charge in [0.15, 0.2) is 0 Å². The molecule has 1 aromatic carbocycles. The maximum atomic E-state index is 11.4. The topological polar surface area (TPSA) is 64.0 Å². The molecule has 138 valence electrons. The minimum absolute atomic E-state index is 0.156. The molecule has 0 radical (unpaired) electrons. The van der Waals surface area contributed by atoms with Crippen molar-refractivity contribution in [2.24, 2.45) is 0 Å². The molecular formula is C16H21Cl2N3O2S2. The van der Waals surface area contributed by atoms with Gasteiger partial charge in [-0.05, 0) is 31.0 Å². The van der Waals surface area contributed by atoms with Gasteiger partial charge in [-0.3, -0.25) is 0 Å². The number of nitrogens with zero attached hydrogens (tertiary/aromatic N) is 2. The van der Waals surface area contributed by atoms with Crippen molar-refractivity contribution in [1.29, 1.82) is 0 Å². The van der Waals surface area contributed by atoms with Crippen molar-refractivity contribution in [2.75, 3.05) is 6.26 Å². The van der Waals surface area contributed by atoms with Crippen LogP contribution in [-0.2, 0) is 23.1 Å². The Balaban J connectivity index is 2.45. The van der Waals surface area contributed by atoms with Crippen molar-refractivity contribution in [3.05, 3.63) is 39.8 Å². The quantitative estimate of drug-likeness (QED) is 0.712. The molecule has 0 saturated heterocycles. The van der Waals surface area contributed by atoms with Crippen LogP contribution in [0.25, 0.3) is 0 Å². The van der Waals surface area contributed by atoms with Gasteiger partial charge in [-0.1, -0.05) is 48.8 Å². The number of nitrogens with one attached hydrogen (secondary N) is 1. The predicted molar refractivity (Wildman–Crippen MR) is 104 cm³/mol. The lowest BCUT2D eigenvalue weighted by Gasteiger charge is -2.12. The van der Waals surface area contributed by atoms with E-state index in [4.69, 9.17) is 23.2 Å². The summed E-state index contributed by atoms with van der Waals surface area (Å²) in [5.41, 5.74) is 0.924. The standard InChI is InChI=1S/C16H21Cl2N3O2S2/c1-5-21-14(9-19-25(4,22)23)20-15(10(2)3)16(21)24-13-7-11(17)6-12(18)8-13/h6-8,10,19H,5,9H2,1-4H3. The normalized spacial score (nSPS) is 12.1. The summed E-state index contributed by atoms with van der Waals surface area (Å²) < 4.78 is 27.4. The summed E-state index contributed by atoms with van der Waals surface area (Å²) in [6, 6.07) is 5.39. The van der Waals surface area contributed by atoms with Gasteiger partial charge in [-0.2, -0.15) is 0 Å². The molecule has 2 aromatic rings. The first-order valence-corrected chi connectivity index (χ1v) is 11.2. The molecule has 9 heteroatoms. The Hall–Kier alpha value is -0.730. The zero-order chi connectivity index (χ0) is 18.8. The molecule has 0 amide bonds. The highest BCUT2D eigenvalue weighted by Crippen LogP contribution is 2.37. The van der Waals surface area contributed by atoms with Crippen LogP contribution >= 0.6 is 35.0 Å². The first kappa shape index (κ1) is 20.6. The van der Waals surface area contributed by atoms with Crippen LogP contribution in [0.5, 0.6) is 0 Å². The van der Waals surface area contributed by atoms with Gasteiger partial charge in [0.2, 0.25) is 10.0 Å². The Morgan fingerprint density at radius 1 is 1.24 bits per heavy atom. The molecule has 1 N–H and O–H groups in total. The number of benzene rings is 1. The van der Waals surface area contributed by atoms with E-state index in [-0.39, 0.29) is 12.5 Å². The highest BCUT2D eigenvalue weighted by molar-refractivity contribution is 7.99. The summed E-state index contributed by atoms with van der Waals surface area (Å²) in [6.45, 7) is 6.96. The zero-order valence-electron chi connectivity index (χ0n) is 14.5. The Kier molecular flexibility index (Phi) is 6.84. The third kappa shape index (κ3) is 5.62. The molecule has 0 aliphatic carbocycles. The van der Waals surface area contributed by atoms with E-state index < -0.39 is 10.0 Å². The van der Waals surface area contributed by atoms with Gasteiger partial charge in [-0.15, -0.1) is 0 Å². The smallest absolute Gasteiger partial charge is 0.209 e. The van der Waals surface area contributed by atoms with Crippen LogP contribution in [-0.4, -0.2) is 24.2 Å². The number of rotatable bonds is 7. The molecule has 2 rings (SSSR count). The molecule has 1 heterocycles. The Morgan fingerprint density at radius 2 is 1.84 bits per heavy atom. The first-order valence-electron chi connectivity index (χ1n) is 7.78. The molecule has 0 aliphatic rings. The van der Waals surface area contributed by atoms with Crippen LogP contribution in [0.1, 0.15) is 38.2 Å². The maximum absolute atomic E-state index is 11.4. The maximum Gasteiger partial charge on any atom is 0.209 e. The van der Waals surface area contributed by atoms with Gasteiger partial charge < -0.3 is 4.57 Å². The zero-order valence-corrected chi connectivity index (χ0v) is 17.7. The molecule has 5 nitrogen and oxygen atoms in total. The number of sulfonamides is 1. The second kappa shape index (κ2) is 8.31. The Labute approximate surface area is 163 Å². The fourth-order valence-corrected chi connectivity index (χ4v) is 4.71. The SMILES string of the molecule is CCn1c(CNS(C)(=O)=O)nc(C(C)C)c1Sc1cc(Cl)cc(Cl)c1. The number of hydrogen-bond acceptors (Lipinski definition) is 4. The van der Waals surface area contributed by atoms with Crippen molar-refractivity contribution in [3.8, 4) is 0 Å². The van der Waals surface area contributed by atoms with E-state index in [1.54, 1.807) is 6.07 Å². The largest absolute Gasteiger partial charge is 0.322 e. The third-order valence-electron chi connectivity index (χ3n) is 3.43. The average molecular weight is 422 g/mol. The highest BCUT2D eigenvalue weighted by atomic mass is 35.5. The molecule has 25 heavy (non-hydrogen) atoms. The van der Waals surface area contributed by atoms with Crippen LogP contribution in [0.3, 0.4) is 0 Å². The van der Waals surface area contributed by atoms with Crippen LogP contribution in [0.15, 0.2) is 28.1 Å². The van der Waals surface area contributed by atoms with Crippen LogP contribution < -0.4 is 4.72 Å². The van der Waals surface area contributed by atoms with E-state index in [9.17, 15) is 8.42 Å². The summed E-state index contributed by atoms with van der Waals surface area (Å²) in [5.74, 6) is 0.884. The molecule has 0 aliphatic heterocycles. The molecule has 0 unspecified atom stereocenters. The van der Waals surface area contributed by atoms with Crippen LogP contribution in [0, 0.1) is 0 Å². The lowest BCUT2D eigenvalue weighted by atomic mass is 10.1. The van der Waals surface area contributed by atoms with Crippen molar-refractivity contribution in [2.45, 2.75) is 49.7 Å². The van der Waals surface area contributed by atoms with Gasteiger partial charge >= 0.3 is 0 Å². The third-order valence-corrected chi connectivity index (χ3v) is 5.63. The molecule has 0 atom stereocenters. The number of halogens is 2. The van der Waals surface area contributed by atoms with Gasteiger partial charge in [0.05, 0.1) is 18.5 Å². The van der Waals surface area contributed by atoms with E-state index in [0.717, 1.165) is 21.9 Å². The molecule has 0 saturated carbocycles. The number of imidazole rings is 1. The van der Waals surface area contributed by atoms with E-state index in [1.165, 1.54) is 11.8 Å².